The summed E-state index contributed by atoms with van der Waals surface area (Å²) in [6, 6.07) is 15.7. The lowest BCUT2D eigenvalue weighted by molar-refractivity contribution is 0.0696. The Labute approximate surface area is 192 Å². The molecule has 32 heavy (non-hydrogen) atoms. The van der Waals surface area contributed by atoms with Crippen LogP contribution in [0.4, 0.5) is 10.1 Å². The number of carboxylic acid groups (broad SMARTS) is 1. The van der Waals surface area contributed by atoms with Crippen molar-refractivity contribution >= 4 is 51.7 Å². The molecule has 4 aromatic rings. The largest absolute Gasteiger partial charge is 0.478 e. The minimum atomic E-state index is -1.27. The zero-order valence-corrected chi connectivity index (χ0v) is 18.1. The number of hydrogen-bond acceptors (Lipinski definition) is 3. The minimum absolute atomic E-state index is 0.148. The number of fused-ring (bicyclic) bond motifs is 1. The van der Waals surface area contributed by atoms with Gasteiger partial charge in [-0.1, -0.05) is 53.5 Å². The number of hydrogen-bond donors (Lipinski definition) is 2. The maximum absolute atomic E-state index is 14.4. The molecule has 4 rings (SSSR count). The molecular formula is C24H15Cl2FN2O3. The van der Waals surface area contributed by atoms with Crippen LogP contribution in [0.15, 0.2) is 60.7 Å². The Morgan fingerprint density at radius 1 is 1.00 bits per heavy atom. The number of carboxylic acids is 1. The molecule has 0 radical (unpaired) electrons. The van der Waals surface area contributed by atoms with Crippen LogP contribution in [0.1, 0.15) is 26.3 Å². The van der Waals surface area contributed by atoms with Crippen LogP contribution in [-0.2, 0) is 0 Å². The summed E-state index contributed by atoms with van der Waals surface area (Å²) >= 11 is 12.4. The van der Waals surface area contributed by atoms with Crippen LogP contribution in [0, 0.1) is 12.7 Å². The van der Waals surface area contributed by atoms with Crippen LogP contribution in [-0.4, -0.2) is 22.0 Å². The Hall–Kier alpha value is -3.48. The quantitative estimate of drug-likeness (QED) is 0.353. The summed E-state index contributed by atoms with van der Waals surface area (Å²) < 4.78 is 14.4. The maximum Gasteiger partial charge on any atom is 0.335 e. The third-order valence-corrected chi connectivity index (χ3v) is 5.73. The van der Waals surface area contributed by atoms with Crippen LogP contribution in [0.25, 0.3) is 22.2 Å². The Balaban J connectivity index is 1.88. The van der Waals surface area contributed by atoms with Gasteiger partial charge in [-0.2, -0.15) is 0 Å². The Morgan fingerprint density at radius 2 is 1.69 bits per heavy atom. The molecule has 8 heteroatoms. The number of pyridine rings is 1. The molecule has 0 unspecified atom stereocenters. The summed E-state index contributed by atoms with van der Waals surface area (Å²) in [6.45, 7) is 1.75. The number of nitrogens with one attached hydrogen (secondary N) is 1. The lowest BCUT2D eigenvalue weighted by Crippen LogP contribution is -2.16. The van der Waals surface area contributed by atoms with Crippen LogP contribution >= 0.6 is 23.2 Å². The van der Waals surface area contributed by atoms with Gasteiger partial charge in [0.05, 0.1) is 38.1 Å². The highest BCUT2D eigenvalue weighted by atomic mass is 35.5. The molecule has 1 aromatic heterocycles. The summed E-state index contributed by atoms with van der Waals surface area (Å²) in [6.07, 6.45) is 0. The lowest BCUT2D eigenvalue weighted by atomic mass is 9.97. The van der Waals surface area contributed by atoms with Crippen molar-refractivity contribution in [2.75, 3.05) is 5.32 Å². The molecule has 1 amide bonds. The van der Waals surface area contributed by atoms with E-state index < -0.39 is 17.7 Å². The first-order valence-electron chi connectivity index (χ1n) is 9.45. The first-order valence-corrected chi connectivity index (χ1v) is 10.2. The first-order chi connectivity index (χ1) is 15.3. The average molecular weight is 469 g/mol. The van der Waals surface area contributed by atoms with Gasteiger partial charge in [0, 0.05) is 10.9 Å². The minimum Gasteiger partial charge on any atom is -0.478 e. The summed E-state index contributed by atoms with van der Waals surface area (Å²) in [4.78, 5) is 29.0. The fraction of sp³-hybridized carbons (Fsp3) is 0.0417. The van der Waals surface area contributed by atoms with Gasteiger partial charge in [-0.15, -0.1) is 0 Å². The predicted octanol–water partition coefficient (Wildman–Crippen LogP) is 6.61. The molecule has 5 nitrogen and oxygen atoms in total. The molecule has 0 atom stereocenters. The third kappa shape index (κ3) is 4.02. The number of aromatic carboxylic acids is 1. The van der Waals surface area contributed by atoms with E-state index >= 15 is 0 Å². The molecule has 2 N–H and O–H groups in total. The van der Waals surface area contributed by atoms with E-state index in [-0.39, 0.29) is 26.9 Å². The molecule has 0 fully saturated rings. The molecule has 3 aromatic carbocycles. The van der Waals surface area contributed by atoms with Crippen LogP contribution in [0.3, 0.4) is 0 Å². The molecule has 160 valence electrons. The fourth-order valence-electron chi connectivity index (χ4n) is 3.46. The second-order valence-corrected chi connectivity index (χ2v) is 7.88. The van der Waals surface area contributed by atoms with E-state index in [4.69, 9.17) is 28.3 Å². The van der Waals surface area contributed by atoms with Crippen molar-refractivity contribution in [3.8, 4) is 11.3 Å². The van der Waals surface area contributed by atoms with E-state index in [1.165, 1.54) is 12.1 Å². The smallest absolute Gasteiger partial charge is 0.335 e. The van der Waals surface area contributed by atoms with Crippen molar-refractivity contribution in [2.45, 2.75) is 6.92 Å². The summed E-state index contributed by atoms with van der Waals surface area (Å²) in [5.74, 6) is -2.72. The number of anilines is 1. The van der Waals surface area contributed by atoms with Crippen molar-refractivity contribution in [1.29, 1.82) is 0 Å². The number of carbonyl (C=O) groups excluding carboxylic acids is 1. The van der Waals surface area contributed by atoms with E-state index in [1.54, 1.807) is 19.1 Å². The zero-order valence-electron chi connectivity index (χ0n) is 16.6. The molecule has 0 saturated carbocycles. The molecule has 0 saturated heterocycles. The summed E-state index contributed by atoms with van der Waals surface area (Å²) in [5, 5.41) is 12.5. The van der Waals surface area contributed by atoms with Gasteiger partial charge < -0.3 is 10.4 Å². The fourth-order valence-corrected chi connectivity index (χ4v) is 3.78. The van der Waals surface area contributed by atoms with E-state index in [0.717, 1.165) is 11.6 Å². The zero-order chi connectivity index (χ0) is 23.0. The maximum atomic E-state index is 14.4. The second kappa shape index (κ2) is 8.57. The topological polar surface area (TPSA) is 79.3 Å². The van der Waals surface area contributed by atoms with Crippen molar-refractivity contribution in [2.24, 2.45) is 0 Å². The Kier molecular flexibility index (Phi) is 5.82. The number of nitrogens with zero attached hydrogens (tertiary/aromatic N) is 1. The predicted molar refractivity (Wildman–Crippen MR) is 123 cm³/mol. The number of rotatable bonds is 4. The van der Waals surface area contributed by atoms with Crippen molar-refractivity contribution in [1.82, 2.24) is 4.98 Å². The standard InChI is InChI=1S/C24H15Cl2FN2O3/c1-12-21(23(30)29-19-8-7-14(24(31)32)9-18(19)27)15-10-16(25)17(26)11-20(15)28-22(12)13-5-3-2-4-6-13/h2-11H,1H3,(H,29,30)(H,31,32). The molecule has 0 aliphatic rings. The molecular weight excluding hydrogens is 454 g/mol. The van der Waals surface area contributed by atoms with Gasteiger partial charge in [-0.05, 0) is 42.8 Å². The van der Waals surface area contributed by atoms with Gasteiger partial charge in [0.15, 0.2) is 0 Å². The lowest BCUT2D eigenvalue weighted by Gasteiger charge is -2.16. The van der Waals surface area contributed by atoms with E-state index in [2.05, 4.69) is 10.3 Å². The summed E-state index contributed by atoms with van der Waals surface area (Å²) in [7, 11) is 0. The first kappa shape index (κ1) is 21.7. The van der Waals surface area contributed by atoms with Crippen LogP contribution < -0.4 is 5.32 Å². The number of benzene rings is 3. The van der Waals surface area contributed by atoms with Gasteiger partial charge in [-0.25, -0.2) is 14.2 Å². The van der Waals surface area contributed by atoms with E-state index in [9.17, 15) is 14.0 Å². The molecule has 0 bridgehead atoms. The molecule has 0 aliphatic carbocycles. The third-order valence-electron chi connectivity index (χ3n) is 5.01. The molecule has 0 aliphatic heterocycles. The Bertz CT molecular complexity index is 1390. The van der Waals surface area contributed by atoms with Crippen LogP contribution in [0.2, 0.25) is 10.0 Å². The average Bonchev–Trinajstić information content (AvgIpc) is 2.76. The van der Waals surface area contributed by atoms with E-state index in [1.807, 2.05) is 30.3 Å². The summed E-state index contributed by atoms with van der Waals surface area (Å²) in [5.41, 5.74) is 2.28. The highest BCUT2D eigenvalue weighted by Crippen LogP contribution is 2.34. The van der Waals surface area contributed by atoms with Crippen molar-refractivity contribution in [3.05, 3.63) is 93.2 Å². The number of carbonyl (C=O) groups is 2. The van der Waals surface area contributed by atoms with Crippen molar-refractivity contribution in [3.63, 3.8) is 0 Å². The SMILES string of the molecule is Cc1c(-c2ccccc2)nc2cc(Cl)c(Cl)cc2c1C(=O)Nc1ccc(C(=O)O)cc1F. The Morgan fingerprint density at radius 3 is 2.34 bits per heavy atom. The second-order valence-electron chi connectivity index (χ2n) is 7.06. The van der Waals surface area contributed by atoms with E-state index in [0.29, 0.717) is 22.2 Å². The van der Waals surface area contributed by atoms with Gasteiger partial charge in [0.25, 0.3) is 5.91 Å². The van der Waals surface area contributed by atoms with Crippen LogP contribution in [0.5, 0.6) is 0 Å². The van der Waals surface area contributed by atoms with Gasteiger partial charge in [-0.3, -0.25) is 4.79 Å². The monoisotopic (exact) mass is 468 g/mol. The molecule has 1 heterocycles. The highest BCUT2D eigenvalue weighted by molar-refractivity contribution is 6.43. The van der Waals surface area contributed by atoms with Crippen molar-refractivity contribution < 1.29 is 19.1 Å². The van der Waals surface area contributed by atoms with Gasteiger partial charge in [0.2, 0.25) is 0 Å². The molecule has 0 spiro atoms. The number of halogens is 3. The van der Waals surface area contributed by atoms with Gasteiger partial charge in [0.1, 0.15) is 5.82 Å². The highest BCUT2D eigenvalue weighted by Gasteiger charge is 2.21. The van der Waals surface area contributed by atoms with Gasteiger partial charge >= 0.3 is 5.97 Å². The number of amides is 1. The number of aromatic nitrogens is 1. The normalized spacial score (nSPS) is 10.9.